The Labute approximate surface area is 122 Å². The average molecular weight is 296 g/mol. The molecule has 0 aliphatic rings. The molecule has 0 aliphatic carbocycles. The minimum atomic E-state index is -0.519. The van der Waals surface area contributed by atoms with Gasteiger partial charge >= 0.3 is 11.9 Å². The summed E-state index contributed by atoms with van der Waals surface area (Å²) in [5.74, 6) is -0.723. The predicted molar refractivity (Wildman–Crippen MR) is 68.9 cm³/mol. The van der Waals surface area contributed by atoms with Gasteiger partial charge in [-0.15, -0.1) is 0 Å². The van der Waals surface area contributed by atoms with Gasteiger partial charge in [-0.2, -0.15) is 0 Å². The first-order valence-corrected chi connectivity index (χ1v) is 6.08. The molecular weight excluding hydrogens is 270 g/mol. The van der Waals surface area contributed by atoms with E-state index in [2.05, 4.69) is 0 Å². The summed E-state index contributed by atoms with van der Waals surface area (Å²) >= 11 is 0. The van der Waals surface area contributed by atoms with E-state index in [1.807, 2.05) is 41.9 Å². The van der Waals surface area contributed by atoms with Gasteiger partial charge in [0.1, 0.15) is 12.1 Å². The molecule has 0 spiro atoms. The van der Waals surface area contributed by atoms with Crippen LogP contribution >= 0.6 is 0 Å². The second kappa shape index (κ2) is 7.70. The van der Waals surface area contributed by atoms with Crippen LogP contribution in [0.1, 0.15) is 34.1 Å². The Morgan fingerprint density at radius 2 is 1.63 bits per heavy atom. The Hall–Kier alpha value is -0.810. The Morgan fingerprint density at radius 3 is 1.95 bits per heavy atom. The molecule has 114 valence electrons. The van der Waals surface area contributed by atoms with Crippen LogP contribution in [0.5, 0.6) is 0 Å². The van der Waals surface area contributed by atoms with Crippen LogP contribution in [-0.2, 0) is 19.1 Å². The Morgan fingerprint density at radius 1 is 1.16 bits per heavy atom. The van der Waals surface area contributed by atoms with Crippen molar-refractivity contribution >= 4 is 11.9 Å². The zero-order chi connectivity index (χ0) is 14.6. The molecule has 0 N–H and O–H groups in total. The SMILES string of the molecule is CC(=O)OC(CC(=O)OC(C)(C)C)C[N+](C)(C)C.[Cl-]. The van der Waals surface area contributed by atoms with Crippen LogP contribution in [0, 0.1) is 0 Å². The van der Waals surface area contributed by atoms with Gasteiger partial charge in [0.25, 0.3) is 0 Å². The standard InChI is InChI=1S/C13H26NO4.ClH/c1-10(15)17-11(9-14(5,6)7)8-12(16)18-13(2,3)4;/h11H,8-9H2,1-7H3;1H/q+1;/p-1. The fourth-order valence-electron chi connectivity index (χ4n) is 1.56. The summed E-state index contributed by atoms with van der Waals surface area (Å²) in [6.07, 6.45) is -0.357. The first kappa shape index (κ1) is 20.5. The maximum absolute atomic E-state index is 11.7. The van der Waals surface area contributed by atoms with Crippen molar-refractivity contribution in [1.82, 2.24) is 0 Å². The quantitative estimate of drug-likeness (QED) is 0.451. The maximum Gasteiger partial charge on any atom is 0.310 e. The Kier molecular flexibility index (Phi) is 8.31. The highest BCUT2D eigenvalue weighted by molar-refractivity contribution is 5.71. The number of quaternary nitrogens is 1. The molecule has 0 bridgehead atoms. The third kappa shape index (κ3) is 13.4. The summed E-state index contributed by atoms with van der Waals surface area (Å²) in [7, 11) is 5.93. The largest absolute Gasteiger partial charge is 1.00 e. The topological polar surface area (TPSA) is 52.6 Å². The van der Waals surface area contributed by atoms with Crippen molar-refractivity contribution in [2.45, 2.75) is 45.8 Å². The predicted octanol–water partition coefficient (Wildman–Crippen LogP) is -1.64. The molecule has 0 aromatic carbocycles. The van der Waals surface area contributed by atoms with Crippen molar-refractivity contribution in [3.8, 4) is 0 Å². The number of rotatable bonds is 5. The van der Waals surface area contributed by atoms with Gasteiger partial charge in [-0.25, -0.2) is 0 Å². The number of hydrogen-bond donors (Lipinski definition) is 0. The molecule has 0 aromatic heterocycles. The lowest BCUT2D eigenvalue weighted by Crippen LogP contribution is -3.00. The number of likely N-dealkylation sites (N-methyl/N-ethyl adjacent to an activating group) is 1. The first-order valence-electron chi connectivity index (χ1n) is 6.08. The number of ether oxygens (including phenoxy) is 2. The zero-order valence-electron chi connectivity index (χ0n) is 12.9. The van der Waals surface area contributed by atoms with E-state index >= 15 is 0 Å². The van der Waals surface area contributed by atoms with Crippen molar-refractivity contribution < 1.29 is 36.0 Å². The van der Waals surface area contributed by atoms with E-state index in [0.29, 0.717) is 11.0 Å². The van der Waals surface area contributed by atoms with E-state index in [9.17, 15) is 9.59 Å². The van der Waals surface area contributed by atoms with Crippen LogP contribution in [0.4, 0.5) is 0 Å². The van der Waals surface area contributed by atoms with Crippen molar-refractivity contribution in [3.05, 3.63) is 0 Å². The van der Waals surface area contributed by atoms with Gasteiger partial charge in [0.15, 0.2) is 6.10 Å². The molecule has 0 rings (SSSR count). The number of carbonyl (C=O) groups is 2. The Balaban J connectivity index is 0. The molecule has 1 atom stereocenters. The average Bonchev–Trinajstić information content (AvgIpc) is 1.92. The fraction of sp³-hybridized carbons (Fsp3) is 0.846. The molecule has 5 nitrogen and oxygen atoms in total. The number of hydrogen-bond acceptors (Lipinski definition) is 4. The Bertz CT molecular complexity index is 305. The molecule has 19 heavy (non-hydrogen) atoms. The third-order valence-corrected chi connectivity index (χ3v) is 1.90. The van der Waals surface area contributed by atoms with E-state index in [4.69, 9.17) is 9.47 Å². The fourth-order valence-corrected chi connectivity index (χ4v) is 1.56. The molecule has 0 radical (unpaired) electrons. The van der Waals surface area contributed by atoms with Gasteiger partial charge in [0.05, 0.1) is 27.6 Å². The van der Waals surface area contributed by atoms with Crippen molar-refractivity contribution in [3.63, 3.8) is 0 Å². The van der Waals surface area contributed by atoms with E-state index < -0.39 is 11.7 Å². The van der Waals surface area contributed by atoms with E-state index in [1.165, 1.54) is 6.92 Å². The molecule has 0 saturated heterocycles. The van der Waals surface area contributed by atoms with Crippen molar-refractivity contribution in [2.75, 3.05) is 27.7 Å². The van der Waals surface area contributed by atoms with Crippen LogP contribution in [-0.4, -0.2) is 55.8 Å². The van der Waals surface area contributed by atoms with Gasteiger partial charge in [0, 0.05) is 6.92 Å². The molecule has 0 saturated carbocycles. The lowest BCUT2D eigenvalue weighted by molar-refractivity contribution is -0.873. The van der Waals surface area contributed by atoms with E-state index in [-0.39, 0.29) is 30.8 Å². The minimum absolute atomic E-state index is 0. The first-order chi connectivity index (χ1) is 7.89. The maximum atomic E-state index is 11.7. The van der Waals surface area contributed by atoms with Crippen LogP contribution in [0.3, 0.4) is 0 Å². The highest BCUT2D eigenvalue weighted by Crippen LogP contribution is 2.12. The van der Waals surface area contributed by atoms with Gasteiger partial charge in [0.2, 0.25) is 0 Å². The lowest BCUT2D eigenvalue weighted by Gasteiger charge is -2.29. The summed E-state index contributed by atoms with van der Waals surface area (Å²) < 4.78 is 11.0. The normalized spacial score (nSPS) is 13.2. The van der Waals surface area contributed by atoms with Gasteiger partial charge in [-0.05, 0) is 20.8 Å². The van der Waals surface area contributed by atoms with E-state index in [1.54, 1.807) is 0 Å². The smallest absolute Gasteiger partial charge is 0.310 e. The van der Waals surface area contributed by atoms with Gasteiger partial charge < -0.3 is 26.4 Å². The molecule has 0 aliphatic heterocycles. The summed E-state index contributed by atoms with van der Waals surface area (Å²) in [6.45, 7) is 7.35. The van der Waals surface area contributed by atoms with Crippen LogP contribution in [0.2, 0.25) is 0 Å². The summed E-state index contributed by atoms with van der Waals surface area (Å²) in [6, 6.07) is 0. The minimum Gasteiger partial charge on any atom is -1.00 e. The lowest BCUT2D eigenvalue weighted by atomic mass is 10.2. The molecule has 6 heteroatoms. The molecule has 1 unspecified atom stereocenters. The third-order valence-electron chi connectivity index (χ3n) is 1.90. The summed E-state index contributed by atoms with van der Waals surface area (Å²) in [5.41, 5.74) is -0.519. The number of halogens is 1. The van der Waals surface area contributed by atoms with Crippen LogP contribution in [0.25, 0.3) is 0 Å². The molecular formula is C13H26ClNO4. The highest BCUT2D eigenvalue weighted by atomic mass is 35.5. The van der Waals surface area contributed by atoms with Crippen molar-refractivity contribution in [2.24, 2.45) is 0 Å². The van der Waals surface area contributed by atoms with Crippen LogP contribution < -0.4 is 12.4 Å². The number of esters is 2. The van der Waals surface area contributed by atoms with Crippen molar-refractivity contribution in [1.29, 1.82) is 0 Å². The highest BCUT2D eigenvalue weighted by Gasteiger charge is 2.26. The van der Waals surface area contributed by atoms with Gasteiger partial charge in [-0.1, -0.05) is 0 Å². The number of carbonyl (C=O) groups excluding carboxylic acids is 2. The molecule has 0 heterocycles. The summed E-state index contributed by atoms with van der Waals surface area (Å²) in [4.78, 5) is 22.7. The monoisotopic (exact) mass is 295 g/mol. The second-order valence-electron chi connectivity index (χ2n) is 6.49. The van der Waals surface area contributed by atoms with Gasteiger partial charge in [-0.3, -0.25) is 9.59 Å². The number of nitrogens with zero attached hydrogens (tertiary/aromatic N) is 1. The molecule has 0 amide bonds. The summed E-state index contributed by atoms with van der Waals surface area (Å²) in [5, 5.41) is 0. The molecule has 0 fully saturated rings. The second-order valence-corrected chi connectivity index (χ2v) is 6.49. The molecule has 0 aromatic rings. The van der Waals surface area contributed by atoms with E-state index in [0.717, 1.165) is 0 Å². The zero-order valence-corrected chi connectivity index (χ0v) is 13.7. The van der Waals surface area contributed by atoms with Crippen LogP contribution in [0.15, 0.2) is 0 Å².